The molecule has 1 aliphatic rings. The van der Waals surface area contributed by atoms with E-state index in [1.165, 1.54) is 0 Å². The molecule has 3 amide bonds. The van der Waals surface area contributed by atoms with Crippen molar-refractivity contribution in [1.29, 1.82) is 0 Å². The Labute approximate surface area is 165 Å². The monoisotopic (exact) mass is 379 g/mol. The number of nitrogens with one attached hydrogen (secondary N) is 1. The number of aryl methyl sites for hydroxylation is 1. The Morgan fingerprint density at radius 1 is 0.893 bits per heavy atom. The molecule has 0 atom stereocenters. The summed E-state index contributed by atoms with van der Waals surface area (Å²) in [5, 5.41) is 2.92. The van der Waals surface area contributed by atoms with E-state index in [9.17, 15) is 14.4 Å². The number of carbonyl (C=O) groups is 3. The Balaban J connectivity index is 1.44. The van der Waals surface area contributed by atoms with E-state index in [0.717, 1.165) is 24.0 Å². The highest BCUT2D eigenvalue weighted by molar-refractivity contribution is 5.94. The van der Waals surface area contributed by atoms with E-state index in [-0.39, 0.29) is 11.8 Å². The summed E-state index contributed by atoms with van der Waals surface area (Å²) in [5.74, 6) is -0.0129. The van der Waals surface area contributed by atoms with Gasteiger partial charge in [-0.1, -0.05) is 42.5 Å². The Hall–Kier alpha value is -3.15. The van der Waals surface area contributed by atoms with Gasteiger partial charge in [-0.2, -0.15) is 0 Å². The van der Waals surface area contributed by atoms with Gasteiger partial charge < -0.3 is 15.1 Å². The first-order valence-corrected chi connectivity index (χ1v) is 9.54. The first-order valence-electron chi connectivity index (χ1n) is 9.54. The molecule has 3 rings (SSSR count). The number of rotatable bonds is 7. The summed E-state index contributed by atoms with van der Waals surface area (Å²) in [6.45, 7) is 2.69. The topological polar surface area (TPSA) is 69.7 Å². The second kappa shape index (κ2) is 9.69. The third kappa shape index (κ3) is 5.42. The molecule has 0 unspecified atom stereocenters. The van der Waals surface area contributed by atoms with Crippen LogP contribution in [0.5, 0.6) is 0 Å². The van der Waals surface area contributed by atoms with Gasteiger partial charge in [0.25, 0.3) is 5.91 Å². The summed E-state index contributed by atoms with van der Waals surface area (Å²) < 4.78 is 0. The number of hydrogen-bond donors (Lipinski definition) is 1. The van der Waals surface area contributed by atoms with Crippen LogP contribution in [0.3, 0.4) is 0 Å². The zero-order valence-electron chi connectivity index (χ0n) is 15.8. The zero-order valence-corrected chi connectivity index (χ0v) is 15.8. The van der Waals surface area contributed by atoms with Crippen LogP contribution in [0.1, 0.15) is 27.9 Å². The van der Waals surface area contributed by atoms with Crippen molar-refractivity contribution in [2.75, 3.05) is 26.2 Å². The van der Waals surface area contributed by atoms with Crippen molar-refractivity contribution in [3.63, 3.8) is 0 Å². The van der Waals surface area contributed by atoms with Gasteiger partial charge >= 0.3 is 0 Å². The van der Waals surface area contributed by atoms with Crippen LogP contribution in [0.4, 0.5) is 0 Å². The highest BCUT2D eigenvalue weighted by Gasteiger charge is 2.21. The van der Waals surface area contributed by atoms with Crippen molar-refractivity contribution in [2.45, 2.75) is 19.4 Å². The lowest BCUT2D eigenvalue weighted by atomic mass is 10.1. The highest BCUT2D eigenvalue weighted by Crippen LogP contribution is 2.10. The van der Waals surface area contributed by atoms with Crippen LogP contribution < -0.4 is 5.32 Å². The molecule has 1 aliphatic heterocycles. The molecular weight excluding hydrogens is 354 g/mol. The van der Waals surface area contributed by atoms with Crippen molar-refractivity contribution in [3.8, 4) is 0 Å². The fraction of sp³-hybridized carbons (Fsp3) is 0.318. The Morgan fingerprint density at radius 2 is 1.57 bits per heavy atom. The van der Waals surface area contributed by atoms with E-state index in [2.05, 4.69) is 5.32 Å². The molecule has 28 heavy (non-hydrogen) atoms. The molecule has 1 saturated heterocycles. The minimum Gasteiger partial charge on any atom is -0.352 e. The van der Waals surface area contributed by atoms with Crippen molar-refractivity contribution in [2.24, 2.45) is 0 Å². The average Bonchev–Trinajstić information content (AvgIpc) is 2.77. The smallest absolute Gasteiger partial charge is 0.253 e. The summed E-state index contributed by atoms with van der Waals surface area (Å²) in [6, 6.07) is 17.3. The third-order valence-electron chi connectivity index (χ3n) is 4.92. The fourth-order valence-electron chi connectivity index (χ4n) is 3.17. The van der Waals surface area contributed by atoms with Gasteiger partial charge in [-0.05, 0) is 29.7 Å². The zero-order chi connectivity index (χ0) is 19.8. The number of hydrogen-bond acceptors (Lipinski definition) is 3. The molecule has 0 bridgehead atoms. The standard InChI is InChI=1S/C22H25N3O3/c26-17-24-12-14-25(15-13-24)22(28)20-9-6-19(7-10-20)16-23-21(27)11-8-18-4-2-1-3-5-18/h1-7,9-10,17H,8,11-16H2,(H,23,27). The van der Waals surface area contributed by atoms with Crippen LogP contribution in [0.15, 0.2) is 54.6 Å². The van der Waals surface area contributed by atoms with Crippen molar-refractivity contribution in [3.05, 3.63) is 71.3 Å². The first-order chi connectivity index (χ1) is 13.7. The molecule has 2 aromatic rings. The highest BCUT2D eigenvalue weighted by atomic mass is 16.2. The predicted molar refractivity (Wildman–Crippen MR) is 107 cm³/mol. The van der Waals surface area contributed by atoms with Crippen LogP contribution in [0.2, 0.25) is 0 Å². The van der Waals surface area contributed by atoms with Crippen molar-refractivity contribution < 1.29 is 14.4 Å². The summed E-state index contributed by atoms with van der Waals surface area (Å²) in [7, 11) is 0. The average molecular weight is 379 g/mol. The van der Waals surface area contributed by atoms with Crippen LogP contribution >= 0.6 is 0 Å². The number of amides is 3. The molecular formula is C22H25N3O3. The minimum atomic E-state index is -0.0241. The molecule has 0 radical (unpaired) electrons. The van der Waals surface area contributed by atoms with Gasteiger partial charge in [-0.15, -0.1) is 0 Å². The number of nitrogens with zero attached hydrogens (tertiary/aromatic N) is 2. The number of benzene rings is 2. The minimum absolute atomic E-state index is 0.0112. The normalized spacial score (nSPS) is 13.9. The molecule has 0 spiro atoms. The first kappa shape index (κ1) is 19.6. The molecule has 0 saturated carbocycles. The maximum absolute atomic E-state index is 12.5. The Morgan fingerprint density at radius 3 is 2.21 bits per heavy atom. The maximum atomic E-state index is 12.5. The quantitative estimate of drug-likeness (QED) is 0.747. The van der Waals surface area contributed by atoms with Crippen molar-refractivity contribution >= 4 is 18.2 Å². The summed E-state index contributed by atoms with van der Waals surface area (Å²) >= 11 is 0. The van der Waals surface area contributed by atoms with Crippen molar-refractivity contribution in [1.82, 2.24) is 15.1 Å². The van der Waals surface area contributed by atoms with Gasteiger partial charge in [0.2, 0.25) is 12.3 Å². The van der Waals surface area contributed by atoms with E-state index in [4.69, 9.17) is 0 Å². The van der Waals surface area contributed by atoms with Crippen LogP contribution in [0.25, 0.3) is 0 Å². The number of carbonyl (C=O) groups excluding carboxylic acids is 3. The summed E-state index contributed by atoms with van der Waals surface area (Å²) in [5.41, 5.74) is 2.73. The van der Waals surface area contributed by atoms with Crippen LogP contribution in [0, 0.1) is 0 Å². The van der Waals surface area contributed by atoms with Crippen LogP contribution in [-0.4, -0.2) is 54.2 Å². The Kier molecular flexibility index (Phi) is 6.78. The molecule has 1 N–H and O–H groups in total. The van der Waals surface area contributed by atoms with Gasteiger partial charge in [0.05, 0.1) is 0 Å². The van der Waals surface area contributed by atoms with E-state index in [0.29, 0.717) is 44.7 Å². The van der Waals surface area contributed by atoms with E-state index in [1.54, 1.807) is 21.9 Å². The molecule has 1 heterocycles. The molecule has 0 aliphatic carbocycles. The summed E-state index contributed by atoms with van der Waals surface area (Å²) in [6.07, 6.45) is 2.00. The summed E-state index contributed by atoms with van der Waals surface area (Å²) in [4.78, 5) is 38.8. The molecule has 6 nitrogen and oxygen atoms in total. The SMILES string of the molecule is O=CN1CCN(C(=O)c2ccc(CNC(=O)CCc3ccccc3)cc2)CC1. The lowest BCUT2D eigenvalue weighted by Gasteiger charge is -2.32. The molecule has 1 fully saturated rings. The van der Waals surface area contributed by atoms with Gasteiger partial charge in [0, 0.05) is 44.7 Å². The maximum Gasteiger partial charge on any atom is 0.253 e. The van der Waals surface area contributed by atoms with E-state index < -0.39 is 0 Å². The molecule has 6 heteroatoms. The largest absolute Gasteiger partial charge is 0.352 e. The second-order valence-corrected chi connectivity index (χ2v) is 6.89. The lowest BCUT2D eigenvalue weighted by molar-refractivity contribution is -0.121. The lowest BCUT2D eigenvalue weighted by Crippen LogP contribution is -2.48. The second-order valence-electron chi connectivity index (χ2n) is 6.89. The molecule has 0 aromatic heterocycles. The van der Waals surface area contributed by atoms with Crippen LogP contribution in [-0.2, 0) is 22.6 Å². The van der Waals surface area contributed by atoms with Gasteiger partial charge in [0.1, 0.15) is 0 Å². The van der Waals surface area contributed by atoms with Gasteiger partial charge in [-0.3, -0.25) is 14.4 Å². The number of piperazine rings is 1. The van der Waals surface area contributed by atoms with E-state index >= 15 is 0 Å². The fourth-order valence-corrected chi connectivity index (χ4v) is 3.17. The van der Waals surface area contributed by atoms with Gasteiger partial charge in [0.15, 0.2) is 0 Å². The molecule has 2 aromatic carbocycles. The molecule has 146 valence electrons. The van der Waals surface area contributed by atoms with Gasteiger partial charge in [-0.25, -0.2) is 0 Å². The van der Waals surface area contributed by atoms with E-state index in [1.807, 2.05) is 42.5 Å². The Bertz CT molecular complexity index is 798. The third-order valence-corrected chi connectivity index (χ3v) is 4.92. The predicted octanol–water partition coefficient (Wildman–Crippen LogP) is 1.85.